The molecule has 5 nitrogen and oxygen atoms in total. The van der Waals surface area contributed by atoms with Crippen molar-refractivity contribution >= 4 is 23.8 Å². The Hall–Kier alpha value is -1.37. The topological polar surface area (TPSA) is 35.2 Å². The highest BCUT2D eigenvalue weighted by atomic mass is 35.5. The molecule has 0 amide bonds. The number of hydrogen-bond donors (Lipinski definition) is 0. The lowest BCUT2D eigenvalue weighted by molar-refractivity contribution is 0.197. The molecule has 0 radical (unpaired) electrons. The van der Waals surface area contributed by atoms with E-state index in [4.69, 9.17) is 28.6 Å². The van der Waals surface area contributed by atoms with E-state index in [2.05, 4.69) is 10.00 Å². The minimum absolute atomic E-state index is 0.599. The molecule has 0 N–H and O–H groups in total. The fraction of sp³-hybridized carbons (Fsp3) is 0.500. The monoisotopic (exact) mass is 352 g/mol. The molecule has 1 fully saturated rings. The van der Waals surface area contributed by atoms with Gasteiger partial charge in [-0.05, 0) is 56.4 Å². The molecule has 1 aliphatic carbocycles. The fourth-order valence-corrected chi connectivity index (χ4v) is 2.76. The van der Waals surface area contributed by atoms with E-state index in [1.54, 1.807) is 0 Å². The zero-order valence-corrected chi connectivity index (χ0v) is 15.0. The van der Waals surface area contributed by atoms with Gasteiger partial charge < -0.3 is 9.30 Å². The molecule has 0 spiro atoms. The van der Waals surface area contributed by atoms with Crippen molar-refractivity contribution in [3.63, 3.8) is 0 Å². The Kier molecular flexibility index (Phi) is 5.04. The van der Waals surface area contributed by atoms with Crippen molar-refractivity contribution in [3.05, 3.63) is 39.9 Å². The van der Waals surface area contributed by atoms with Gasteiger partial charge in [0.1, 0.15) is 18.2 Å². The first-order valence-corrected chi connectivity index (χ1v) is 8.54. The molecule has 124 valence electrons. The molecule has 0 aliphatic heterocycles. The summed E-state index contributed by atoms with van der Waals surface area (Å²) < 4.78 is 10.4. The van der Waals surface area contributed by atoms with E-state index in [0.29, 0.717) is 24.2 Å². The summed E-state index contributed by atoms with van der Waals surface area (Å²) in [5, 5.41) is 5.38. The number of aromatic nitrogens is 3. The highest BCUT2D eigenvalue weighted by molar-refractivity contribution is 7.71. The highest BCUT2D eigenvalue weighted by Crippen LogP contribution is 2.38. The smallest absolute Gasteiger partial charge is 0.198 e. The quantitative estimate of drug-likeness (QED) is 0.715. The van der Waals surface area contributed by atoms with Crippen LogP contribution < -0.4 is 4.74 Å². The molecule has 7 heteroatoms. The van der Waals surface area contributed by atoms with Gasteiger partial charge in [0.2, 0.25) is 0 Å². The van der Waals surface area contributed by atoms with Crippen molar-refractivity contribution in [2.45, 2.75) is 25.4 Å². The van der Waals surface area contributed by atoms with E-state index in [1.165, 1.54) is 12.8 Å². The number of hydrogen-bond acceptors (Lipinski definition) is 4. The molecular weight excluding hydrogens is 332 g/mol. The predicted molar refractivity (Wildman–Crippen MR) is 93.6 cm³/mol. The van der Waals surface area contributed by atoms with Crippen LogP contribution in [0.4, 0.5) is 0 Å². The Morgan fingerprint density at radius 1 is 1.35 bits per heavy atom. The van der Waals surface area contributed by atoms with E-state index < -0.39 is 0 Å². The van der Waals surface area contributed by atoms with Crippen LogP contribution in [0.2, 0.25) is 5.02 Å². The van der Waals surface area contributed by atoms with Crippen molar-refractivity contribution < 1.29 is 4.74 Å². The second kappa shape index (κ2) is 7.03. The van der Waals surface area contributed by atoms with Crippen molar-refractivity contribution in [2.24, 2.45) is 7.05 Å². The number of nitrogens with zero attached hydrogens (tertiary/aromatic N) is 4. The fourth-order valence-electron chi connectivity index (χ4n) is 2.44. The Bertz CT molecular complexity index is 721. The van der Waals surface area contributed by atoms with Crippen molar-refractivity contribution in [3.8, 4) is 5.75 Å². The molecule has 1 aromatic carbocycles. The maximum atomic E-state index is 5.86. The molecule has 23 heavy (non-hydrogen) atoms. The number of rotatable bonds is 7. The van der Waals surface area contributed by atoms with Crippen LogP contribution >= 0.6 is 23.8 Å². The summed E-state index contributed by atoms with van der Waals surface area (Å²) in [5.41, 5.74) is 0. The Labute approximate surface area is 146 Å². The SMILES string of the molecule is CN(CCOc1ccc(Cl)cc1)Cn1nc(C2CC2)n(C)c1=S. The van der Waals surface area contributed by atoms with Crippen LogP contribution in [0.15, 0.2) is 24.3 Å². The molecule has 0 unspecified atom stereocenters. The lowest BCUT2D eigenvalue weighted by Crippen LogP contribution is -2.27. The van der Waals surface area contributed by atoms with Gasteiger partial charge in [0.25, 0.3) is 0 Å². The summed E-state index contributed by atoms with van der Waals surface area (Å²) in [4.78, 5) is 2.15. The van der Waals surface area contributed by atoms with Gasteiger partial charge >= 0.3 is 0 Å². The van der Waals surface area contributed by atoms with Gasteiger partial charge in [0, 0.05) is 24.5 Å². The number of likely N-dealkylation sites (N-methyl/N-ethyl adjacent to an activating group) is 1. The maximum Gasteiger partial charge on any atom is 0.198 e. The van der Waals surface area contributed by atoms with Crippen molar-refractivity contribution in [2.75, 3.05) is 20.2 Å². The molecular formula is C16H21ClN4OS. The van der Waals surface area contributed by atoms with Gasteiger partial charge in [-0.25, -0.2) is 4.68 Å². The Morgan fingerprint density at radius 2 is 2.04 bits per heavy atom. The number of halogens is 1. The third kappa shape index (κ3) is 4.13. The van der Waals surface area contributed by atoms with E-state index in [9.17, 15) is 0 Å². The molecule has 1 saturated carbocycles. The molecule has 1 aliphatic rings. The van der Waals surface area contributed by atoms with Gasteiger partial charge in [-0.2, -0.15) is 5.10 Å². The lowest BCUT2D eigenvalue weighted by Gasteiger charge is -2.16. The Morgan fingerprint density at radius 3 is 2.70 bits per heavy atom. The molecule has 3 rings (SSSR count). The van der Waals surface area contributed by atoms with Crippen LogP contribution in [0.1, 0.15) is 24.6 Å². The number of benzene rings is 1. The zero-order valence-electron chi connectivity index (χ0n) is 13.4. The lowest BCUT2D eigenvalue weighted by atomic mass is 10.3. The third-order valence-electron chi connectivity index (χ3n) is 3.95. The molecule has 2 aromatic rings. The minimum atomic E-state index is 0.599. The van der Waals surface area contributed by atoms with E-state index in [1.807, 2.05) is 47.6 Å². The van der Waals surface area contributed by atoms with Crippen LogP contribution in [0.25, 0.3) is 0 Å². The van der Waals surface area contributed by atoms with E-state index in [0.717, 1.165) is 22.9 Å². The normalized spacial score (nSPS) is 14.4. The average Bonchev–Trinajstić information content (AvgIpc) is 3.33. The number of ether oxygens (including phenoxy) is 1. The average molecular weight is 353 g/mol. The van der Waals surface area contributed by atoms with Crippen LogP contribution in [-0.4, -0.2) is 39.4 Å². The van der Waals surface area contributed by atoms with E-state index >= 15 is 0 Å². The summed E-state index contributed by atoms with van der Waals surface area (Å²) in [7, 11) is 4.04. The first-order valence-electron chi connectivity index (χ1n) is 7.75. The van der Waals surface area contributed by atoms with Gasteiger partial charge in [0.05, 0.1) is 6.67 Å². The minimum Gasteiger partial charge on any atom is -0.492 e. The summed E-state index contributed by atoms with van der Waals surface area (Å²) in [6.07, 6.45) is 2.45. The van der Waals surface area contributed by atoms with Crippen LogP contribution in [-0.2, 0) is 13.7 Å². The van der Waals surface area contributed by atoms with Crippen LogP contribution in [0.5, 0.6) is 5.75 Å². The second-order valence-electron chi connectivity index (χ2n) is 6.00. The first-order chi connectivity index (χ1) is 11.0. The maximum absolute atomic E-state index is 5.86. The summed E-state index contributed by atoms with van der Waals surface area (Å²) >= 11 is 11.3. The van der Waals surface area contributed by atoms with Gasteiger partial charge in [0.15, 0.2) is 4.77 Å². The third-order valence-corrected chi connectivity index (χ3v) is 4.68. The summed E-state index contributed by atoms with van der Waals surface area (Å²) in [6, 6.07) is 7.40. The van der Waals surface area contributed by atoms with Gasteiger partial charge in [-0.1, -0.05) is 11.6 Å². The largest absolute Gasteiger partial charge is 0.492 e. The van der Waals surface area contributed by atoms with Crippen molar-refractivity contribution in [1.29, 1.82) is 0 Å². The van der Waals surface area contributed by atoms with E-state index in [-0.39, 0.29) is 0 Å². The standard InChI is InChI=1S/C16H21ClN4OS/c1-19(9-10-22-14-7-5-13(17)6-8-14)11-21-16(23)20(2)15(18-21)12-3-4-12/h5-8,12H,3-4,9-11H2,1-2H3. The molecule has 1 aromatic heterocycles. The molecule has 0 saturated heterocycles. The van der Waals surface area contributed by atoms with Gasteiger partial charge in [-0.15, -0.1) is 0 Å². The van der Waals surface area contributed by atoms with Crippen LogP contribution in [0.3, 0.4) is 0 Å². The highest BCUT2D eigenvalue weighted by Gasteiger charge is 2.29. The second-order valence-corrected chi connectivity index (χ2v) is 6.80. The summed E-state index contributed by atoms with van der Waals surface area (Å²) in [5.74, 6) is 2.54. The first kappa shape index (κ1) is 16.5. The summed E-state index contributed by atoms with van der Waals surface area (Å²) in [6.45, 7) is 2.07. The molecule has 0 atom stereocenters. The zero-order chi connectivity index (χ0) is 16.4. The molecule has 1 heterocycles. The van der Waals surface area contributed by atoms with Crippen LogP contribution in [0, 0.1) is 4.77 Å². The molecule has 0 bridgehead atoms. The Balaban J connectivity index is 1.51. The van der Waals surface area contributed by atoms with Gasteiger partial charge in [-0.3, -0.25) is 4.90 Å². The van der Waals surface area contributed by atoms with Crippen molar-refractivity contribution in [1.82, 2.24) is 19.2 Å². The predicted octanol–water partition coefficient (Wildman–Crippen LogP) is 3.45.